The Morgan fingerprint density at radius 3 is 2.73 bits per heavy atom. The Kier molecular flexibility index (Phi) is 11.6. The van der Waals surface area contributed by atoms with Crippen LogP contribution in [0.25, 0.3) is 0 Å². The standard InChI is InChI=1S/C20H34N4OS/c1-5-16(3)24-19(25)18-11-9-10-17(14-18)15-23-20(21-6-2)22-12-7-8-13-26-4/h9-11,14,16H,5-8,12-13,15H2,1-4H3,(H,24,25)(H2,21,22,23). The van der Waals surface area contributed by atoms with Crippen molar-refractivity contribution in [1.29, 1.82) is 0 Å². The molecule has 1 unspecified atom stereocenters. The summed E-state index contributed by atoms with van der Waals surface area (Å²) < 4.78 is 0. The third-order valence-corrected chi connectivity index (χ3v) is 4.71. The van der Waals surface area contributed by atoms with E-state index in [0.29, 0.717) is 12.1 Å². The molecule has 0 radical (unpaired) electrons. The smallest absolute Gasteiger partial charge is 0.251 e. The van der Waals surface area contributed by atoms with Crippen molar-refractivity contribution >= 4 is 23.6 Å². The average molecular weight is 379 g/mol. The largest absolute Gasteiger partial charge is 0.357 e. The SMILES string of the molecule is CCNC(=NCc1cccc(C(=O)NC(C)CC)c1)NCCCCSC. The predicted octanol–water partition coefficient (Wildman–Crippen LogP) is 3.41. The van der Waals surface area contributed by atoms with Crippen molar-refractivity contribution in [2.75, 3.05) is 25.1 Å². The van der Waals surface area contributed by atoms with Gasteiger partial charge in [0.1, 0.15) is 0 Å². The fourth-order valence-corrected chi connectivity index (χ4v) is 2.80. The van der Waals surface area contributed by atoms with Crippen molar-refractivity contribution in [1.82, 2.24) is 16.0 Å². The zero-order valence-corrected chi connectivity index (χ0v) is 17.4. The van der Waals surface area contributed by atoms with Crippen molar-refractivity contribution in [2.45, 2.75) is 52.6 Å². The van der Waals surface area contributed by atoms with E-state index in [1.165, 1.54) is 12.2 Å². The number of hydrogen-bond acceptors (Lipinski definition) is 3. The van der Waals surface area contributed by atoms with E-state index >= 15 is 0 Å². The summed E-state index contributed by atoms with van der Waals surface area (Å²) in [6, 6.07) is 7.87. The van der Waals surface area contributed by atoms with Crippen LogP contribution in [0.1, 0.15) is 56.0 Å². The Bertz CT molecular complexity index is 562. The van der Waals surface area contributed by atoms with E-state index in [-0.39, 0.29) is 11.9 Å². The molecule has 1 amide bonds. The van der Waals surface area contributed by atoms with Gasteiger partial charge in [-0.2, -0.15) is 11.8 Å². The second-order valence-electron chi connectivity index (χ2n) is 6.30. The van der Waals surface area contributed by atoms with Crippen LogP contribution in [0.5, 0.6) is 0 Å². The zero-order chi connectivity index (χ0) is 19.2. The number of carbonyl (C=O) groups is 1. The molecule has 0 fully saturated rings. The quantitative estimate of drug-likeness (QED) is 0.314. The number of aliphatic imine (C=N–C) groups is 1. The highest BCUT2D eigenvalue weighted by Gasteiger charge is 2.08. The summed E-state index contributed by atoms with van der Waals surface area (Å²) in [4.78, 5) is 16.9. The third-order valence-electron chi connectivity index (χ3n) is 4.01. The number of thioether (sulfide) groups is 1. The van der Waals surface area contributed by atoms with Crippen molar-refractivity contribution in [3.05, 3.63) is 35.4 Å². The lowest BCUT2D eigenvalue weighted by Crippen LogP contribution is -2.37. The van der Waals surface area contributed by atoms with Crippen LogP contribution < -0.4 is 16.0 Å². The third kappa shape index (κ3) is 9.13. The molecule has 0 heterocycles. The summed E-state index contributed by atoms with van der Waals surface area (Å²) in [6.07, 6.45) is 5.40. The van der Waals surface area contributed by atoms with Crippen LogP contribution in [0.2, 0.25) is 0 Å². The molecule has 0 aliphatic carbocycles. The monoisotopic (exact) mass is 378 g/mol. The Balaban J connectivity index is 2.62. The van der Waals surface area contributed by atoms with Crippen LogP contribution in [0.4, 0.5) is 0 Å². The van der Waals surface area contributed by atoms with Crippen LogP contribution in [0, 0.1) is 0 Å². The molecule has 0 spiro atoms. The Morgan fingerprint density at radius 2 is 2.04 bits per heavy atom. The molecule has 1 aromatic carbocycles. The molecule has 5 nitrogen and oxygen atoms in total. The minimum absolute atomic E-state index is 0.0241. The van der Waals surface area contributed by atoms with E-state index in [1.54, 1.807) is 0 Å². The van der Waals surface area contributed by atoms with Crippen molar-refractivity contribution in [2.24, 2.45) is 4.99 Å². The molecular formula is C20H34N4OS. The van der Waals surface area contributed by atoms with Gasteiger partial charge in [-0.1, -0.05) is 19.1 Å². The number of nitrogens with one attached hydrogen (secondary N) is 3. The number of benzene rings is 1. The molecule has 0 aliphatic rings. The molecule has 6 heteroatoms. The lowest BCUT2D eigenvalue weighted by Gasteiger charge is -2.12. The second-order valence-corrected chi connectivity index (χ2v) is 7.29. The summed E-state index contributed by atoms with van der Waals surface area (Å²) >= 11 is 1.88. The molecule has 0 bridgehead atoms. The highest BCUT2D eigenvalue weighted by atomic mass is 32.2. The number of guanidine groups is 1. The fourth-order valence-electron chi connectivity index (χ4n) is 2.31. The molecule has 1 aromatic rings. The van der Waals surface area contributed by atoms with Gasteiger partial charge < -0.3 is 16.0 Å². The topological polar surface area (TPSA) is 65.5 Å². The molecule has 0 saturated heterocycles. The number of hydrogen-bond donors (Lipinski definition) is 3. The van der Waals surface area contributed by atoms with E-state index in [2.05, 4.69) is 41.0 Å². The van der Waals surface area contributed by atoms with Gasteiger partial charge in [-0.05, 0) is 62.8 Å². The molecule has 1 rings (SSSR count). The van der Waals surface area contributed by atoms with Gasteiger partial charge in [0.2, 0.25) is 0 Å². The summed E-state index contributed by atoms with van der Waals surface area (Å²) in [5.41, 5.74) is 1.72. The summed E-state index contributed by atoms with van der Waals surface area (Å²) in [7, 11) is 0. The molecule has 26 heavy (non-hydrogen) atoms. The van der Waals surface area contributed by atoms with Gasteiger partial charge in [-0.25, -0.2) is 4.99 Å². The maximum atomic E-state index is 12.3. The van der Waals surface area contributed by atoms with Crippen LogP contribution >= 0.6 is 11.8 Å². The van der Waals surface area contributed by atoms with E-state index in [0.717, 1.165) is 37.5 Å². The predicted molar refractivity (Wildman–Crippen MR) is 114 cm³/mol. The Hall–Kier alpha value is -1.69. The van der Waals surface area contributed by atoms with Crippen LogP contribution in [0.15, 0.2) is 29.3 Å². The van der Waals surface area contributed by atoms with Gasteiger partial charge in [0.15, 0.2) is 5.96 Å². The molecule has 0 aliphatic heterocycles. The van der Waals surface area contributed by atoms with Crippen molar-refractivity contribution in [3.63, 3.8) is 0 Å². The van der Waals surface area contributed by atoms with Crippen LogP contribution in [0.3, 0.4) is 0 Å². The molecule has 146 valence electrons. The molecule has 0 aromatic heterocycles. The average Bonchev–Trinajstić information content (AvgIpc) is 2.65. The minimum Gasteiger partial charge on any atom is -0.357 e. The normalized spacial score (nSPS) is 12.5. The molecule has 3 N–H and O–H groups in total. The van der Waals surface area contributed by atoms with E-state index in [1.807, 2.05) is 43.0 Å². The summed E-state index contributed by atoms with van der Waals surface area (Å²) in [5.74, 6) is 2.00. The van der Waals surface area contributed by atoms with Crippen molar-refractivity contribution in [3.8, 4) is 0 Å². The lowest BCUT2D eigenvalue weighted by molar-refractivity contribution is 0.0939. The minimum atomic E-state index is -0.0241. The maximum absolute atomic E-state index is 12.3. The first kappa shape index (κ1) is 22.4. The maximum Gasteiger partial charge on any atom is 0.251 e. The second kappa shape index (κ2) is 13.5. The Labute approximate surface area is 162 Å². The highest BCUT2D eigenvalue weighted by molar-refractivity contribution is 7.98. The van der Waals surface area contributed by atoms with Gasteiger partial charge >= 0.3 is 0 Å². The van der Waals surface area contributed by atoms with Gasteiger partial charge in [0.25, 0.3) is 5.91 Å². The van der Waals surface area contributed by atoms with Crippen LogP contribution in [-0.2, 0) is 6.54 Å². The number of rotatable bonds is 11. The molecule has 1 atom stereocenters. The number of unbranched alkanes of at least 4 members (excludes halogenated alkanes) is 1. The lowest BCUT2D eigenvalue weighted by atomic mass is 10.1. The van der Waals surface area contributed by atoms with Gasteiger partial charge in [0, 0.05) is 24.7 Å². The molecule has 0 saturated carbocycles. The zero-order valence-electron chi connectivity index (χ0n) is 16.6. The first-order chi connectivity index (χ1) is 12.6. The molecular weight excluding hydrogens is 344 g/mol. The summed E-state index contributed by atoms with van der Waals surface area (Å²) in [5, 5.41) is 9.64. The first-order valence-electron chi connectivity index (χ1n) is 9.51. The van der Waals surface area contributed by atoms with Crippen molar-refractivity contribution < 1.29 is 4.79 Å². The fraction of sp³-hybridized carbons (Fsp3) is 0.600. The van der Waals surface area contributed by atoms with Crippen LogP contribution in [-0.4, -0.2) is 43.0 Å². The van der Waals surface area contributed by atoms with Gasteiger partial charge in [-0.3, -0.25) is 4.79 Å². The van der Waals surface area contributed by atoms with E-state index in [9.17, 15) is 4.79 Å². The first-order valence-corrected chi connectivity index (χ1v) is 10.9. The van der Waals surface area contributed by atoms with E-state index < -0.39 is 0 Å². The van der Waals surface area contributed by atoms with E-state index in [4.69, 9.17) is 0 Å². The number of nitrogens with zero attached hydrogens (tertiary/aromatic N) is 1. The van der Waals surface area contributed by atoms with Gasteiger partial charge in [-0.15, -0.1) is 0 Å². The van der Waals surface area contributed by atoms with Gasteiger partial charge in [0.05, 0.1) is 6.54 Å². The summed E-state index contributed by atoms with van der Waals surface area (Å²) in [6.45, 7) is 8.43. The number of carbonyl (C=O) groups excluding carboxylic acids is 1. The highest BCUT2D eigenvalue weighted by Crippen LogP contribution is 2.07. The Morgan fingerprint density at radius 1 is 1.23 bits per heavy atom. The number of amides is 1.